The Morgan fingerprint density at radius 1 is 1.55 bits per heavy atom. The van der Waals surface area contributed by atoms with Gasteiger partial charge >= 0.3 is 5.97 Å². The van der Waals surface area contributed by atoms with Gasteiger partial charge in [0.05, 0.1) is 0 Å². The first-order valence-electron chi connectivity index (χ1n) is 3.33. The van der Waals surface area contributed by atoms with Crippen LogP contribution in [-0.2, 0) is 9.59 Å². The van der Waals surface area contributed by atoms with Gasteiger partial charge in [-0.15, -0.1) is 0 Å². The van der Waals surface area contributed by atoms with Crippen LogP contribution in [0.25, 0.3) is 0 Å². The van der Waals surface area contributed by atoms with E-state index >= 15 is 0 Å². The topological polar surface area (TPSA) is 66.4 Å². The standard InChI is InChI=1S/C7H11NO3/c1-2-3-4-6(9)8-5-7(10)11/h3-4H,2,5H2,1H3,(H,8,9)(H,10,11). The fourth-order valence-corrected chi connectivity index (χ4v) is 0.447. The Morgan fingerprint density at radius 3 is 2.64 bits per heavy atom. The van der Waals surface area contributed by atoms with Crippen LogP contribution in [0.5, 0.6) is 0 Å². The molecule has 4 nitrogen and oxygen atoms in total. The summed E-state index contributed by atoms with van der Waals surface area (Å²) in [5, 5.41) is 10.3. The predicted octanol–water partition coefficient (Wildman–Crippen LogP) is 0.153. The number of carbonyl (C=O) groups excluding carboxylic acids is 1. The van der Waals surface area contributed by atoms with E-state index in [1.807, 2.05) is 6.92 Å². The second kappa shape index (κ2) is 5.46. The lowest BCUT2D eigenvalue weighted by molar-refractivity contribution is -0.137. The zero-order valence-electron chi connectivity index (χ0n) is 6.33. The van der Waals surface area contributed by atoms with Crippen molar-refractivity contribution in [1.82, 2.24) is 5.32 Å². The van der Waals surface area contributed by atoms with Crippen LogP contribution in [0.4, 0.5) is 0 Å². The van der Waals surface area contributed by atoms with Crippen LogP contribution in [0.15, 0.2) is 12.2 Å². The molecular formula is C7H11NO3. The summed E-state index contributed by atoms with van der Waals surface area (Å²) >= 11 is 0. The highest BCUT2D eigenvalue weighted by atomic mass is 16.4. The van der Waals surface area contributed by atoms with E-state index in [4.69, 9.17) is 5.11 Å². The van der Waals surface area contributed by atoms with Gasteiger partial charge in [0.25, 0.3) is 0 Å². The van der Waals surface area contributed by atoms with Gasteiger partial charge in [0.2, 0.25) is 5.91 Å². The molecule has 11 heavy (non-hydrogen) atoms. The maximum atomic E-state index is 10.6. The van der Waals surface area contributed by atoms with Crippen molar-refractivity contribution in [3.63, 3.8) is 0 Å². The molecule has 2 N–H and O–H groups in total. The van der Waals surface area contributed by atoms with Gasteiger partial charge in [-0.1, -0.05) is 13.0 Å². The van der Waals surface area contributed by atoms with Crippen molar-refractivity contribution < 1.29 is 14.7 Å². The molecule has 0 unspecified atom stereocenters. The van der Waals surface area contributed by atoms with Crippen LogP contribution in [0, 0.1) is 0 Å². The number of carbonyl (C=O) groups is 2. The molecule has 0 rings (SSSR count). The quantitative estimate of drug-likeness (QED) is 0.571. The molecular weight excluding hydrogens is 146 g/mol. The molecule has 0 radical (unpaired) electrons. The van der Waals surface area contributed by atoms with Gasteiger partial charge in [-0.05, 0) is 12.5 Å². The molecule has 0 saturated heterocycles. The third-order valence-electron chi connectivity index (χ3n) is 0.919. The molecule has 4 heteroatoms. The van der Waals surface area contributed by atoms with Crippen molar-refractivity contribution >= 4 is 11.9 Å². The van der Waals surface area contributed by atoms with Gasteiger partial charge in [-0.2, -0.15) is 0 Å². The van der Waals surface area contributed by atoms with Crippen molar-refractivity contribution in [3.8, 4) is 0 Å². The van der Waals surface area contributed by atoms with Gasteiger partial charge in [0, 0.05) is 0 Å². The van der Waals surface area contributed by atoms with Crippen molar-refractivity contribution in [1.29, 1.82) is 0 Å². The van der Waals surface area contributed by atoms with Crippen molar-refractivity contribution in [2.75, 3.05) is 6.54 Å². The van der Waals surface area contributed by atoms with Crippen molar-refractivity contribution in [3.05, 3.63) is 12.2 Å². The summed E-state index contributed by atoms with van der Waals surface area (Å²) in [5.41, 5.74) is 0. The Morgan fingerprint density at radius 2 is 2.18 bits per heavy atom. The van der Waals surface area contributed by atoms with Gasteiger partial charge in [0.15, 0.2) is 0 Å². The van der Waals surface area contributed by atoms with E-state index in [9.17, 15) is 9.59 Å². The first-order valence-corrected chi connectivity index (χ1v) is 3.33. The monoisotopic (exact) mass is 157 g/mol. The SMILES string of the molecule is CCC=CC(=O)NCC(=O)O. The molecule has 0 aliphatic carbocycles. The van der Waals surface area contributed by atoms with E-state index in [-0.39, 0.29) is 12.5 Å². The van der Waals surface area contributed by atoms with E-state index in [2.05, 4.69) is 5.32 Å². The van der Waals surface area contributed by atoms with E-state index in [1.165, 1.54) is 6.08 Å². The molecule has 0 aromatic heterocycles. The van der Waals surface area contributed by atoms with E-state index in [0.717, 1.165) is 6.42 Å². The average Bonchev–Trinajstić information content (AvgIpc) is 1.97. The first-order chi connectivity index (χ1) is 5.16. The highest BCUT2D eigenvalue weighted by Gasteiger charge is 1.97. The number of hydrogen-bond acceptors (Lipinski definition) is 2. The van der Waals surface area contributed by atoms with Crippen LogP contribution in [0.2, 0.25) is 0 Å². The Bertz CT molecular complexity index is 175. The third-order valence-corrected chi connectivity index (χ3v) is 0.919. The number of carboxylic acids is 1. The number of carboxylic acid groups (broad SMARTS) is 1. The lowest BCUT2D eigenvalue weighted by Gasteiger charge is -1.94. The third kappa shape index (κ3) is 6.57. The highest BCUT2D eigenvalue weighted by Crippen LogP contribution is 1.78. The average molecular weight is 157 g/mol. The Balaban J connectivity index is 3.53. The van der Waals surface area contributed by atoms with Gasteiger partial charge in [0.1, 0.15) is 6.54 Å². The van der Waals surface area contributed by atoms with Crippen LogP contribution in [-0.4, -0.2) is 23.5 Å². The normalized spacial score (nSPS) is 9.91. The summed E-state index contributed by atoms with van der Waals surface area (Å²) in [5.74, 6) is -1.41. The van der Waals surface area contributed by atoms with Gasteiger partial charge in [-0.25, -0.2) is 0 Å². The molecule has 0 aromatic carbocycles. The molecule has 0 atom stereocenters. The molecule has 1 amide bonds. The minimum absolute atomic E-state index is 0.327. The Kier molecular flexibility index (Phi) is 4.81. The van der Waals surface area contributed by atoms with Crippen molar-refractivity contribution in [2.24, 2.45) is 0 Å². The minimum atomic E-state index is -1.04. The second-order valence-corrected chi connectivity index (χ2v) is 1.92. The van der Waals surface area contributed by atoms with Crippen LogP contribution in [0.3, 0.4) is 0 Å². The van der Waals surface area contributed by atoms with E-state index in [1.54, 1.807) is 6.08 Å². The summed E-state index contributed by atoms with van der Waals surface area (Å²) in [6, 6.07) is 0. The van der Waals surface area contributed by atoms with Crippen LogP contribution >= 0.6 is 0 Å². The zero-order chi connectivity index (χ0) is 8.69. The second-order valence-electron chi connectivity index (χ2n) is 1.92. The van der Waals surface area contributed by atoms with E-state index < -0.39 is 5.97 Å². The maximum absolute atomic E-state index is 10.6. The summed E-state index contributed by atoms with van der Waals surface area (Å²) in [6.07, 6.45) is 3.75. The Hall–Kier alpha value is -1.32. The molecule has 0 aliphatic rings. The van der Waals surface area contributed by atoms with Crippen LogP contribution < -0.4 is 5.32 Å². The fourth-order valence-electron chi connectivity index (χ4n) is 0.447. The van der Waals surface area contributed by atoms with Crippen molar-refractivity contribution in [2.45, 2.75) is 13.3 Å². The van der Waals surface area contributed by atoms with Crippen LogP contribution in [0.1, 0.15) is 13.3 Å². The number of aliphatic carboxylic acids is 1. The highest BCUT2D eigenvalue weighted by molar-refractivity contribution is 5.89. The number of rotatable bonds is 4. The number of hydrogen-bond donors (Lipinski definition) is 2. The lowest BCUT2D eigenvalue weighted by atomic mass is 10.4. The summed E-state index contributed by atoms with van der Waals surface area (Å²) < 4.78 is 0. The number of nitrogens with one attached hydrogen (secondary N) is 1. The smallest absolute Gasteiger partial charge is 0.322 e. The molecule has 0 aliphatic heterocycles. The predicted molar refractivity (Wildman–Crippen MR) is 40.1 cm³/mol. The van der Waals surface area contributed by atoms with Gasteiger partial charge < -0.3 is 10.4 Å². The maximum Gasteiger partial charge on any atom is 0.322 e. The Labute approximate surface area is 64.9 Å². The molecule has 0 aromatic rings. The number of allylic oxidation sites excluding steroid dienone is 1. The first kappa shape index (κ1) is 9.68. The van der Waals surface area contributed by atoms with E-state index in [0.29, 0.717) is 0 Å². The fraction of sp³-hybridized carbons (Fsp3) is 0.429. The largest absolute Gasteiger partial charge is 0.480 e. The minimum Gasteiger partial charge on any atom is -0.480 e. The molecule has 62 valence electrons. The lowest BCUT2D eigenvalue weighted by Crippen LogP contribution is -2.27. The molecule has 0 fully saturated rings. The molecule has 0 bridgehead atoms. The molecule has 0 spiro atoms. The summed E-state index contributed by atoms with van der Waals surface area (Å²) in [6.45, 7) is 1.56. The summed E-state index contributed by atoms with van der Waals surface area (Å²) in [4.78, 5) is 20.6. The molecule has 0 saturated carbocycles. The number of amides is 1. The zero-order valence-corrected chi connectivity index (χ0v) is 6.33. The molecule has 0 heterocycles. The van der Waals surface area contributed by atoms with Gasteiger partial charge in [-0.3, -0.25) is 9.59 Å². The summed E-state index contributed by atoms with van der Waals surface area (Å²) in [7, 11) is 0.